The van der Waals surface area contributed by atoms with E-state index in [0.29, 0.717) is 43.7 Å². The topological polar surface area (TPSA) is 102 Å². The van der Waals surface area contributed by atoms with Crippen LogP contribution >= 0.6 is 23.2 Å². The number of amides is 1. The van der Waals surface area contributed by atoms with E-state index in [1.54, 1.807) is 25.2 Å². The molecule has 4 aromatic rings. The second-order valence-electron chi connectivity index (χ2n) is 6.76. The largest absolute Gasteiger partial charge is 0.383 e. The molecule has 0 atom stereocenters. The lowest BCUT2D eigenvalue weighted by molar-refractivity contribution is 0.0963. The molecule has 0 unspecified atom stereocenters. The highest BCUT2D eigenvalue weighted by Gasteiger charge is 2.23. The molecule has 0 aliphatic carbocycles. The number of benzene rings is 1. The van der Waals surface area contributed by atoms with Gasteiger partial charge in [-0.3, -0.25) is 9.48 Å². The fourth-order valence-electron chi connectivity index (χ4n) is 3.32. The zero-order valence-corrected chi connectivity index (χ0v) is 17.0. The summed E-state index contributed by atoms with van der Waals surface area (Å²) in [5.41, 5.74) is 9.30. The number of nitrogens with one attached hydrogen (secondary N) is 2. The molecule has 3 aromatic heterocycles. The van der Waals surface area contributed by atoms with Gasteiger partial charge < -0.3 is 16.0 Å². The van der Waals surface area contributed by atoms with Crippen LogP contribution in [0.4, 0.5) is 5.82 Å². The van der Waals surface area contributed by atoms with Crippen molar-refractivity contribution in [3.8, 4) is 11.4 Å². The standard InChI is InChI=1S/C19H18Cl2N6O/c1-8(2)27-17-11(20)7-24-18(22)13(17)15(26-27)16-14(21)10-5-4-9(19(28)23-3)6-12(10)25-16/h4-8,25H,1-3H3,(H2,22,24)(H,23,28). The lowest BCUT2D eigenvalue weighted by Gasteiger charge is -2.07. The minimum Gasteiger partial charge on any atom is -0.383 e. The number of hydrogen-bond donors (Lipinski definition) is 3. The van der Waals surface area contributed by atoms with Crippen molar-refractivity contribution < 1.29 is 4.79 Å². The van der Waals surface area contributed by atoms with E-state index in [0.717, 1.165) is 10.9 Å². The van der Waals surface area contributed by atoms with Gasteiger partial charge in [-0.05, 0) is 26.0 Å². The molecule has 4 rings (SSSR count). The van der Waals surface area contributed by atoms with E-state index < -0.39 is 0 Å². The third-order valence-electron chi connectivity index (χ3n) is 4.66. The molecule has 144 valence electrons. The van der Waals surface area contributed by atoms with Gasteiger partial charge in [0, 0.05) is 29.6 Å². The van der Waals surface area contributed by atoms with E-state index >= 15 is 0 Å². The van der Waals surface area contributed by atoms with Crippen LogP contribution in [0.1, 0.15) is 30.2 Å². The number of aromatic amines is 1. The molecule has 1 amide bonds. The van der Waals surface area contributed by atoms with Crippen molar-refractivity contribution in [2.24, 2.45) is 0 Å². The van der Waals surface area contributed by atoms with Crippen LogP contribution < -0.4 is 11.1 Å². The molecule has 0 saturated carbocycles. The van der Waals surface area contributed by atoms with Crippen LogP contribution in [-0.2, 0) is 0 Å². The number of H-pyrrole nitrogens is 1. The zero-order chi connectivity index (χ0) is 20.2. The summed E-state index contributed by atoms with van der Waals surface area (Å²) < 4.78 is 1.81. The fraction of sp³-hybridized carbons (Fsp3) is 0.211. The Morgan fingerprint density at radius 3 is 2.75 bits per heavy atom. The van der Waals surface area contributed by atoms with Crippen molar-refractivity contribution in [3.63, 3.8) is 0 Å². The van der Waals surface area contributed by atoms with E-state index in [9.17, 15) is 4.79 Å². The maximum atomic E-state index is 11.9. The highest BCUT2D eigenvalue weighted by molar-refractivity contribution is 6.39. The summed E-state index contributed by atoms with van der Waals surface area (Å²) in [6, 6.07) is 5.33. The SMILES string of the molecule is CNC(=O)c1ccc2c(Cl)c(-c3nn(C(C)C)c4c(Cl)cnc(N)c34)[nH]c2c1. The molecule has 0 spiro atoms. The zero-order valence-electron chi connectivity index (χ0n) is 15.5. The van der Waals surface area contributed by atoms with E-state index in [2.05, 4.69) is 15.3 Å². The predicted molar refractivity (Wildman–Crippen MR) is 113 cm³/mol. The Morgan fingerprint density at radius 1 is 1.32 bits per heavy atom. The van der Waals surface area contributed by atoms with Crippen LogP contribution in [0.25, 0.3) is 33.2 Å². The Bertz CT molecular complexity index is 1240. The number of nitrogen functional groups attached to an aromatic ring is 1. The van der Waals surface area contributed by atoms with Gasteiger partial charge in [0.1, 0.15) is 11.5 Å². The van der Waals surface area contributed by atoms with Gasteiger partial charge in [0.05, 0.1) is 32.8 Å². The number of aromatic nitrogens is 4. The van der Waals surface area contributed by atoms with E-state index in [1.807, 2.05) is 18.5 Å². The maximum Gasteiger partial charge on any atom is 0.251 e. The summed E-state index contributed by atoms with van der Waals surface area (Å²) in [5, 5.41) is 9.72. The summed E-state index contributed by atoms with van der Waals surface area (Å²) in [7, 11) is 1.59. The minimum atomic E-state index is -0.177. The number of pyridine rings is 1. The molecule has 0 aliphatic rings. The Hall–Kier alpha value is -2.77. The summed E-state index contributed by atoms with van der Waals surface area (Å²) in [4.78, 5) is 19.4. The van der Waals surface area contributed by atoms with Crippen LogP contribution in [0.15, 0.2) is 24.4 Å². The van der Waals surface area contributed by atoms with Crippen LogP contribution in [0.3, 0.4) is 0 Å². The number of carbonyl (C=O) groups excluding carboxylic acids is 1. The lowest BCUT2D eigenvalue weighted by Crippen LogP contribution is -2.17. The average molecular weight is 417 g/mol. The van der Waals surface area contributed by atoms with Crippen molar-refractivity contribution in [1.29, 1.82) is 0 Å². The molecule has 28 heavy (non-hydrogen) atoms. The number of hydrogen-bond acceptors (Lipinski definition) is 4. The molecule has 0 fully saturated rings. The van der Waals surface area contributed by atoms with E-state index in [4.69, 9.17) is 34.0 Å². The quantitative estimate of drug-likeness (QED) is 0.460. The van der Waals surface area contributed by atoms with Crippen molar-refractivity contribution >= 4 is 56.7 Å². The lowest BCUT2D eigenvalue weighted by atomic mass is 10.1. The number of nitrogens with zero attached hydrogens (tertiary/aromatic N) is 3. The van der Waals surface area contributed by atoms with Crippen LogP contribution in [0.5, 0.6) is 0 Å². The first-order chi connectivity index (χ1) is 13.3. The monoisotopic (exact) mass is 416 g/mol. The molecule has 4 N–H and O–H groups in total. The Morgan fingerprint density at radius 2 is 2.07 bits per heavy atom. The molecule has 3 heterocycles. The highest BCUT2D eigenvalue weighted by atomic mass is 35.5. The van der Waals surface area contributed by atoms with Crippen molar-refractivity contribution in [1.82, 2.24) is 25.1 Å². The predicted octanol–water partition coefficient (Wildman–Crippen LogP) is 4.41. The summed E-state index contributed by atoms with van der Waals surface area (Å²) in [6.45, 7) is 4.01. The molecular formula is C19H18Cl2N6O. The number of nitrogens with two attached hydrogens (primary N) is 1. The normalized spacial score (nSPS) is 11.6. The first kappa shape index (κ1) is 18.6. The van der Waals surface area contributed by atoms with Crippen molar-refractivity contribution in [2.75, 3.05) is 12.8 Å². The molecular weight excluding hydrogens is 399 g/mol. The Labute approximate surface area is 170 Å². The summed E-state index contributed by atoms with van der Waals surface area (Å²) >= 11 is 13.1. The van der Waals surface area contributed by atoms with Gasteiger partial charge >= 0.3 is 0 Å². The first-order valence-electron chi connectivity index (χ1n) is 8.69. The van der Waals surface area contributed by atoms with Gasteiger partial charge in [-0.1, -0.05) is 29.3 Å². The Kier molecular flexibility index (Phi) is 4.44. The highest BCUT2D eigenvalue weighted by Crippen LogP contribution is 2.41. The van der Waals surface area contributed by atoms with Crippen molar-refractivity contribution in [3.05, 3.63) is 40.0 Å². The first-order valence-corrected chi connectivity index (χ1v) is 9.45. The van der Waals surface area contributed by atoms with E-state index in [-0.39, 0.29) is 11.9 Å². The molecule has 7 nitrogen and oxygen atoms in total. The van der Waals surface area contributed by atoms with Crippen LogP contribution in [0, 0.1) is 0 Å². The average Bonchev–Trinajstić information content (AvgIpc) is 3.23. The van der Waals surface area contributed by atoms with Crippen LogP contribution in [-0.4, -0.2) is 32.7 Å². The minimum absolute atomic E-state index is 0.0542. The number of rotatable bonds is 3. The summed E-state index contributed by atoms with van der Waals surface area (Å²) in [5.74, 6) is 0.144. The van der Waals surface area contributed by atoms with Gasteiger partial charge in [0.25, 0.3) is 5.91 Å². The number of halogens is 2. The third-order valence-corrected chi connectivity index (χ3v) is 5.33. The summed E-state index contributed by atoms with van der Waals surface area (Å²) in [6.07, 6.45) is 1.52. The van der Waals surface area contributed by atoms with E-state index in [1.165, 1.54) is 6.20 Å². The Balaban J connectivity index is 2.03. The molecule has 0 radical (unpaired) electrons. The van der Waals surface area contributed by atoms with Gasteiger partial charge in [0.15, 0.2) is 0 Å². The van der Waals surface area contributed by atoms with Crippen LogP contribution in [0.2, 0.25) is 10.0 Å². The maximum absolute atomic E-state index is 11.9. The number of carbonyl (C=O) groups is 1. The second-order valence-corrected chi connectivity index (χ2v) is 7.54. The molecule has 1 aromatic carbocycles. The molecule has 0 aliphatic heterocycles. The smallest absolute Gasteiger partial charge is 0.251 e. The second kappa shape index (κ2) is 6.68. The molecule has 0 bridgehead atoms. The molecule has 9 heteroatoms. The molecule has 0 saturated heterocycles. The van der Waals surface area contributed by atoms with Crippen molar-refractivity contribution in [2.45, 2.75) is 19.9 Å². The fourth-order valence-corrected chi connectivity index (χ4v) is 3.85. The number of anilines is 1. The number of fused-ring (bicyclic) bond motifs is 2. The van der Waals surface area contributed by atoms with Gasteiger partial charge in [-0.2, -0.15) is 5.10 Å². The van der Waals surface area contributed by atoms with Gasteiger partial charge in [-0.15, -0.1) is 0 Å². The third kappa shape index (κ3) is 2.70. The van der Waals surface area contributed by atoms with Gasteiger partial charge in [0.2, 0.25) is 0 Å². The van der Waals surface area contributed by atoms with Gasteiger partial charge in [-0.25, -0.2) is 4.98 Å².